The lowest BCUT2D eigenvalue weighted by molar-refractivity contribution is -0.116. The van der Waals surface area contributed by atoms with E-state index in [1.165, 1.54) is 38.8 Å². The van der Waals surface area contributed by atoms with E-state index in [9.17, 15) is 4.79 Å². The first-order valence-corrected chi connectivity index (χ1v) is 9.22. The number of amides is 1. The smallest absolute Gasteiger partial charge is 0.225 e. The zero-order chi connectivity index (χ0) is 16.6. The summed E-state index contributed by atoms with van der Waals surface area (Å²) in [4.78, 5) is 14.6. The number of carbonyl (C=O) groups excluding carboxylic acids is 1. The maximum atomic E-state index is 12.0. The summed E-state index contributed by atoms with van der Waals surface area (Å²) in [5, 5.41) is 9.89. The highest BCUT2D eigenvalue weighted by Crippen LogP contribution is 2.21. The van der Waals surface area contributed by atoms with Crippen molar-refractivity contribution in [3.63, 3.8) is 0 Å². The summed E-state index contributed by atoms with van der Waals surface area (Å²) in [7, 11) is 0. The molecule has 0 unspecified atom stereocenters. The summed E-state index contributed by atoms with van der Waals surface area (Å²) >= 11 is 0. The van der Waals surface area contributed by atoms with Gasteiger partial charge in [-0.25, -0.2) is 0 Å². The maximum absolute atomic E-state index is 12.0. The Morgan fingerprint density at radius 1 is 1.25 bits per heavy atom. The Hall–Kier alpha value is -1.82. The molecule has 1 saturated heterocycles. The molecule has 6 heteroatoms. The number of hydrogen-bond acceptors (Lipinski definition) is 4. The number of ether oxygens (including phenoxy) is 1. The first-order valence-electron chi connectivity index (χ1n) is 9.22. The number of hydrogen-bond donors (Lipinski definition) is 2. The molecule has 132 valence electrons. The molecule has 0 spiro atoms. The summed E-state index contributed by atoms with van der Waals surface area (Å²) in [6.45, 7) is 4.28. The number of nitrogens with one attached hydrogen (secondary N) is 2. The van der Waals surface area contributed by atoms with E-state index in [0.29, 0.717) is 18.8 Å². The van der Waals surface area contributed by atoms with Gasteiger partial charge >= 0.3 is 0 Å². The van der Waals surface area contributed by atoms with Crippen molar-refractivity contribution in [3.05, 3.63) is 17.8 Å². The van der Waals surface area contributed by atoms with Gasteiger partial charge in [0, 0.05) is 18.9 Å². The number of aromatic nitrogens is 2. The zero-order valence-corrected chi connectivity index (χ0v) is 14.4. The van der Waals surface area contributed by atoms with Crippen molar-refractivity contribution >= 4 is 17.5 Å². The average molecular weight is 332 g/mol. The number of unbranched alkanes of at least 4 members (excludes halogenated alkanes) is 1. The molecule has 2 aliphatic rings. The van der Waals surface area contributed by atoms with Gasteiger partial charge in [0.1, 0.15) is 11.5 Å². The number of carbonyl (C=O) groups is 1. The molecule has 2 N–H and O–H groups in total. The summed E-state index contributed by atoms with van der Waals surface area (Å²) in [6, 6.07) is 1.83. The fourth-order valence-corrected chi connectivity index (χ4v) is 3.30. The van der Waals surface area contributed by atoms with Gasteiger partial charge in [-0.15, -0.1) is 0 Å². The number of anilines is 1. The van der Waals surface area contributed by atoms with E-state index in [1.807, 2.05) is 12.1 Å². The van der Waals surface area contributed by atoms with E-state index >= 15 is 0 Å². The SMILES string of the molecule is O=C(CCCCN1CCCCCC1)Nc1cc(C2=CCCO2)[nH]n1. The Kier molecular flexibility index (Phi) is 6.29. The van der Waals surface area contributed by atoms with Gasteiger partial charge in [-0.2, -0.15) is 5.10 Å². The Morgan fingerprint density at radius 3 is 2.83 bits per heavy atom. The number of rotatable bonds is 7. The van der Waals surface area contributed by atoms with E-state index in [0.717, 1.165) is 37.3 Å². The molecule has 1 amide bonds. The van der Waals surface area contributed by atoms with E-state index in [4.69, 9.17) is 4.74 Å². The van der Waals surface area contributed by atoms with Crippen LogP contribution in [0.4, 0.5) is 5.82 Å². The lowest BCUT2D eigenvalue weighted by Gasteiger charge is -2.19. The lowest BCUT2D eigenvalue weighted by Crippen LogP contribution is -2.25. The molecule has 0 bridgehead atoms. The van der Waals surface area contributed by atoms with Crippen LogP contribution in [-0.2, 0) is 9.53 Å². The molecule has 0 radical (unpaired) electrons. The molecule has 3 heterocycles. The molecule has 2 aliphatic heterocycles. The van der Waals surface area contributed by atoms with Crippen molar-refractivity contribution in [2.24, 2.45) is 0 Å². The van der Waals surface area contributed by atoms with Gasteiger partial charge in [0.15, 0.2) is 5.82 Å². The molecule has 1 aromatic rings. The fourth-order valence-electron chi connectivity index (χ4n) is 3.30. The second kappa shape index (κ2) is 8.87. The Balaban J connectivity index is 1.33. The third-order valence-corrected chi connectivity index (χ3v) is 4.64. The van der Waals surface area contributed by atoms with Crippen LogP contribution >= 0.6 is 0 Å². The van der Waals surface area contributed by atoms with Crippen LogP contribution in [0.1, 0.15) is 57.1 Å². The average Bonchev–Trinajstić information content (AvgIpc) is 3.19. The molecule has 0 saturated carbocycles. The second-order valence-corrected chi connectivity index (χ2v) is 6.63. The quantitative estimate of drug-likeness (QED) is 0.753. The van der Waals surface area contributed by atoms with Crippen molar-refractivity contribution in [2.75, 3.05) is 31.6 Å². The van der Waals surface area contributed by atoms with Crippen LogP contribution in [0.3, 0.4) is 0 Å². The Morgan fingerprint density at radius 2 is 2.08 bits per heavy atom. The molecule has 0 aliphatic carbocycles. The normalized spacial score (nSPS) is 18.8. The van der Waals surface area contributed by atoms with Crippen molar-refractivity contribution in [3.8, 4) is 0 Å². The van der Waals surface area contributed by atoms with Crippen LogP contribution in [0.2, 0.25) is 0 Å². The minimum Gasteiger partial charge on any atom is -0.491 e. The minimum absolute atomic E-state index is 0.0326. The zero-order valence-electron chi connectivity index (χ0n) is 14.4. The number of likely N-dealkylation sites (tertiary alicyclic amines) is 1. The van der Waals surface area contributed by atoms with Gasteiger partial charge in [0.05, 0.1) is 6.61 Å². The monoisotopic (exact) mass is 332 g/mol. The lowest BCUT2D eigenvalue weighted by atomic mass is 10.2. The van der Waals surface area contributed by atoms with Crippen molar-refractivity contribution in [2.45, 2.75) is 51.4 Å². The molecule has 24 heavy (non-hydrogen) atoms. The van der Waals surface area contributed by atoms with Gasteiger partial charge in [-0.3, -0.25) is 9.89 Å². The van der Waals surface area contributed by atoms with E-state index in [1.54, 1.807) is 0 Å². The standard InChI is InChI=1S/C18H28N4O2/c23-18(9-3-6-12-22-10-4-1-2-5-11-22)19-17-14-15(20-21-17)16-8-7-13-24-16/h8,14H,1-7,9-13H2,(H2,19,20,21,23). The van der Waals surface area contributed by atoms with Crippen LogP contribution in [0.15, 0.2) is 12.1 Å². The minimum atomic E-state index is 0.0326. The van der Waals surface area contributed by atoms with Crippen molar-refractivity contribution < 1.29 is 9.53 Å². The van der Waals surface area contributed by atoms with Gasteiger partial charge in [-0.05, 0) is 51.4 Å². The number of H-pyrrole nitrogens is 1. The fraction of sp³-hybridized carbons (Fsp3) is 0.667. The summed E-state index contributed by atoms with van der Waals surface area (Å²) in [5.74, 6) is 1.42. The van der Waals surface area contributed by atoms with Crippen LogP contribution in [-0.4, -0.2) is 47.2 Å². The maximum Gasteiger partial charge on any atom is 0.225 e. The van der Waals surface area contributed by atoms with E-state index in [-0.39, 0.29) is 5.91 Å². The van der Waals surface area contributed by atoms with Crippen LogP contribution in [0.5, 0.6) is 0 Å². The number of aromatic amines is 1. The molecule has 1 fully saturated rings. The highest BCUT2D eigenvalue weighted by atomic mass is 16.5. The predicted octanol–water partition coefficient (Wildman–Crippen LogP) is 3.16. The molecule has 0 atom stereocenters. The second-order valence-electron chi connectivity index (χ2n) is 6.63. The van der Waals surface area contributed by atoms with Gasteiger partial charge in [0.2, 0.25) is 5.91 Å². The Labute approximate surface area is 143 Å². The number of nitrogens with zero attached hydrogens (tertiary/aromatic N) is 2. The largest absolute Gasteiger partial charge is 0.491 e. The third-order valence-electron chi connectivity index (χ3n) is 4.64. The molecular weight excluding hydrogens is 304 g/mol. The van der Waals surface area contributed by atoms with Gasteiger partial charge in [-0.1, -0.05) is 12.8 Å². The molecule has 0 aromatic carbocycles. The summed E-state index contributed by atoms with van der Waals surface area (Å²) in [6.07, 6.45) is 10.9. The topological polar surface area (TPSA) is 70.2 Å². The summed E-state index contributed by atoms with van der Waals surface area (Å²) < 4.78 is 5.48. The van der Waals surface area contributed by atoms with Crippen LogP contribution in [0, 0.1) is 0 Å². The molecule has 3 rings (SSSR count). The van der Waals surface area contributed by atoms with Gasteiger partial charge < -0.3 is 15.0 Å². The first-order chi connectivity index (χ1) is 11.8. The van der Waals surface area contributed by atoms with Crippen LogP contribution < -0.4 is 5.32 Å². The van der Waals surface area contributed by atoms with Crippen molar-refractivity contribution in [1.82, 2.24) is 15.1 Å². The predicted molar refractivity (Wildman–Crippen MR) is 94.5 cm³/mol. The molecule has 6 nitrogen and oxygen atoms in total. The van der Waals surface area contributed by atoms with Crippen molar-refractivity contribution in [1.29, 1.82) is 0 Å². The van der Waals surface area contributed by atoms with Crippen LogP contribution in [0.25, 0.3) is 5.76 Å². The third kappa shape index (κ3) is 5.09. The Bertz CT molecular complexity index is 559. The highest BCUT2D eigenvalue weighted by Gasteiger charge is 2.13. The highest BCUT2D eigenvalue weighted by molar-refractivity contribution is 5.90. The van der Waals surface area contributed by atoms with E-state index < -0.39 is 0 Å². The van der Waals surface area contributed by atoms with Gasteiger partial charge in [0.25, 0.3) is 0 Å². The first kappa shape index (κ1) is 17.0. The summed E-state index contributed by atoms with van der Waals surface area (Å²) in [5.41, 5.74) is 0.823. The van der Waals surface area contributed by atoms with E-state index in [2.05, 4.69) is 20.4 Å². The molecular formula is C18H28N4O2. The molecule has 1 aromatic heterocycles.